The normalized spacial score (nSPS) is 13.5. The zero-order valence-electron chi connectivity index (χ0n) is 39.3. The van der Waals surface area contributed by atoms with Crippen molar-refractivity contribution in [1.29, 1.82) is 0 Å². The van der Waals surface area contributed by atoms with Crippen LogP contribution < -0.4 is 5.73 Å². The van der Waals surface area contributed by atoms with Gasteiger partial charge in [0.15, 0.2) is 0 Å². The molecule has 0 amide bonds. The lowest BCUT2D eigenvalue weighted by Gasteiger charge is -2.22. The molecule has 1 aromatic heterocycles. The third kappa shape index (κ3) is 10.0. The molecule has 0 saturated carbocycles. The van der Waals surface area contributed by atoms with Gasteiger partial charge in [0.05, 0.1) is 0 Å². The van der Waals surface area contributed by atoms with Crippen LogP contribution in [0.1, 0.15) is 65.6 Å². The van der Waals surface area contributed by atoms with E-state index in [2.05, 4.69) is 230 Å². The van der Waals surface area contributed by atoms with Gasteiger partial charge in [0.1, 0.15) is 0 Å². The first-order chi connectivity index (χ1) is 32.3. The Morgan fingerprint density at radius 1 is 0.500 bits per heavy atom. The number of aromatic nitrogens is 1. The number of hydrogen-bond acceptors (Lipinski definition) is 2. The molecule has 0 aliphatic rings. The third-order valence-corrected chi connectivity index (χ3v) is 12.9. The minimum Gasteiger partial charge on any atom is -0.405 e. The number of rotatable bonds is 14. The second kappa shape index (κ2) is 21.0. The van der Waals surface area contributed by atoms with Crippen molar-refractivity contribution >= 4 is 48.7 Å². The number of nitrogens with zero attached hydrogens (tertiary/aromatic N) is 1. The summed E-state index contributed by atoms with van der Waals surface area (Å²) in [5, 5.41) is 9.67. The van der Waals surface area contributed by atoms with Gasteiger partial charge in [0.25, 0.3) is 0 Å². The van der Waals surface area contributed by atoms with E-state index in [0.29, 0.717) is 0 Å². The molecule has 8 rings (SSSR count). The highest BCUT2D eigenvalue weighted by Crippen LogP contribution is 2.47. The van der Waals surface area contributed by atoms with Crippen LogP contribution in [0.5, 0.6) is 0 Å². The van der Waals surface area contributed by atoms with Gasteiger partial charge in [-0.05, 0) is 176 Å². The number of hydrogen-bond donors (Lipinski definition) is 1. The molecule has 2 heteroatoms. The summed E-state index contributed by atoms with van der Waals surface area (Å²) in [6, 6.07) is 49.4. The van der Waals surface area contributed by atoms with Gasteiger partial charge in [0, 0.05) is 23.9 Å². The summed E-state index contributed by atoms with van der Waals surface area (Å²) in [5.41, 5.74) is 21.1. The molecule has 0 atom stereocenters. The Balaban J connectivity index is 1.47. The molecule has 7 aromatic carbocycles. The first kappa shape index (κ1) is 45.0. The average Bonchev–Trinajstić information content (AvgIpc) is 3.36. The van der Waals surface area contributed by atoms with Crippen LogP contribution in [0.4, 0.5) is 0 Å². The summed E-state index contributed by atoms with van der Waals surface area (Å²) in [7, 11) is 0. The molecule has 0 bridgehead atoms. The van der Waals surface area contributed by atoms with Gasteiger partial charge in [-0.25, -0.2) is 0 Å². The van der Waals surface area contributed by atoms with Gasteiger partial charge in [0.2, 0.25) is 0 Å². The van der Waals surface area contributed by atoms with Crippen LogP contribution in [0.2, 0.25) is 0 Å². The fourth-order valence-electron chi connectivity index (χ4n) is 8.65. The molecule has 0 aliphatic heterocycles. The first-order valence-electron chi connectivity index (χ1n) is 23.3. The molecule has 2 nitrogen and oxygen atoms in total. The van der Waals surface area contributed by atoms with E-state index in [-0.39, 0.29) is 0 Å². The maximum Gasteiger partial charge on any atom is 0.0441 e. The van der Waals surface area contributed by atoms with Crippen LogP contribution in [0, 0.1) is 0 Å². The van der Waals surface area contributed by atoms with Gasteiger partial charge in [-0.15, -0.1) is 0 Å². The van der Waals surface area contributed by atoms with E-state index in [4.69, 9.17) is 10.7 Å². The van der Waals surface area contributed by atoms with Crippen molar-refractivity contribution in [3.8, 4) is 33.4 Å². The highest BCUT2D eigenvalue weighted by molar-refractivity contribution is 6.21. The standard InChI is InChI=1S/C64H60N2/c1-7-44(3)20-11-12-21-46(5)47(6)29-30-54(38-45(4)8-2)63-57-27-17-18-28-58(57)64(55-35-36-56(66-43-55)26-10-9-19-37-65)62-42-60(53-34-32-49-23-14-16-25-51(49)40-53)59(41-61(62)63)52-33-31-48-22-13-15-24-50(48)39-52/h9-25,27-43H,7-8,26,65H2,1-6H3/b10-9-,12-11-,37-19-,44-20+,45-38-,46-21+,47-29+,54-30+. The summed E-state index contributed by atoms with van der Waals surface area (Å²) in [6.45, 7) is 13.3. The lowest BCUT2D eigenvalue weighted by Crippen LogP contribution is -1.97. The zero-order valence-corrected chi connectivity index (χ0v) is 39.3. The minimum atomic E-state index is 0.719. The van der Waals surface area contributed by atoms with E-state index in [9.17, 15) is 0 Å². The number of pyridine rings is 1. The Kier molecular flexibility index (Phi) is 14.3. The molecule has 8 aromatic rings. The number of nitrogens with two attached hydrogens (primary N) is 1. The number of allylic oxidation sites excluding steroid dienone is 15. The van der Waals surface area contributed by atoms with Crippen molar-refractivity contribution in [2.24, 2.45) is 5.73 Å². The summed E-state index contributed by atoms with van der Waals surface area (Å²) in [4.78, 5) is 5.04. The predicted octanol–water partition coefficient (Wildman–Crippen LogP) is 17.8. The molecule has 2 N–H and O–H groups in total. The zero-order chi connectivity index (χ0) is 46.0. The molecular formula is C64H60N2. The number of benzene rings is 7. The molecule has 0 radical (unpaired) electrons. The first-order valence-corrected chi connectivity index (χ1v) is 23.3. The fraction of sp³-hybridized carbons (Fsp3) is 0.141. The van der Waals surface area contributed by atoms with Crippen LogP contribution in [-0.2, 0) is 6.42 Å². The fourth-order valence-corrected chi connectivity index (χ4v) is 8.65. The predicted molar refractivity (Wildman–Crippen MR) is 289 cm³/mol. The highest BCUT2D eigenvalue weighted by Gasteiger charge is 2.21. The van der Waals surface area contributed by atoms with E-state index < -0.39 is 0 Å². The minimum absolute atomic E-state index is 0.719. The van der Waals surface area contributed by atoms with Gasteiger partial charge in [-0.3, -0.25) is 4.98 Å². The molecule has 0 unspecified atom stereocenters. The quantitative estimate of drug-likeness (QED) is 0.0874. The highest BCUT2D eigenvalue weighted by atomic mass is 14.7. The maximum absolute atomic E-state index is 5.59. The lowest BCUT2D eigenvalue weighted by molar-refractivity contribution is 1.10. The van der Waals surface area contributed by atoms with E-state index in [0.717, 1.165) is 30.5 Å². The smallest absolute Gasteiger partial charge is 0.0441 e. The molecule has 0 fully saturated rings. The SMILES string of the molecule is CC\C(C)=C/C(=C\C=C(C)\C(C)=C\C=C/C=C(\C)CC)c1c2ccccc2c(-c2ccc(C/C=C\C=C/N)nc2)c2cc(-c3ccc4ccccc4c3)c(-c3ccc4ccccc4c3)cc12. The van der Waals surface area contributed by atoms with Crippen molar-refractivity contribution in [2.45, 2.75) is 60.8 Å². The van der Waals surface area contributed by atoms with Crippen LogP contribution in [0.25, 0.3) is 82.0 Å². The molecule has 0 aliphatic carbocycles. The molecule has 1 heterocycles. The van der Waals surface area contributed by atoms with Crippen molar-refractivity contribution < 1.29 is 0 Å². The Morgan fingerprint density at radius 3 is 1.70 bits per heavy atom. The van der Waals surface area contributed by atoms with Crippen LogP contribution in [0.3, 0.4) is 0 Å². The lowest BCUT2D eigenvalue weighted by atomic mass is 9.81. The van der Waals surface area contributed by atoms with Crippen LogP contribution in [-0.4, -0.2) is 4.98 Å². The maximum atomic E-state index is 5.59. The van der Waals surface area contributed by atoms with Crippen molar-refractivity contribution in [3.63, 3.8) is 0 Å². The van der Waals surface area contributed by atoms with Gasteiger partial charge in [-0.2, -0.15) is 0 Å². The second-order valence-electron chi connectivity index (χ2n) is 17.3. The third-order valence-electron chi connectivity index (χ3n) is 12.9. The summed E-state index contributed by atoms with van der Waals surface area (Å²) in [5.74, 6) is 0. The average molecular weight is 857 g/mol. The van der Waals surface area contributed by atoms with E-state index in [1.165, 1.54) is 104 Å². The van der Waals surface area contributed by atoms with E-state index in [1.807, 2.05) is 12.2 Å². The van der Waals surface area contributed by atoms with Crippen LogP contribution >= 0.6 is 0 Å². The monoisotopic (exact) mass is 856 g/mol. The van der Waals surface area contributed by atoms with Gasteiger partial charge < -0.3 is 5.73 Å². The second-order valence-corrected chi connectivity index (χ2v) is 17.3. The van der Waals surface area contributed by atoms with Crippen molar-refractivity contribution in [3.05, 3.63) is 240 Å². The van der Waals surface area contributed by atoms with Gasteiger partial charge >= 0.3 is 0 Å². The Bertz CT molecular complexity index is 3320. The summed E-state index contributed by atoms with van der Waals surface area (Å²) in [6.07, 6.45) is 28.0. The molecule has 66 heavy (non-hydrogen) atoms. The van der Waals surface area contributed by atoms with Crippen molar-refractivity contribution in [2.75, 3.05) is 0 Å². The molecule has 0 saturated heterocycles. The largest absolute Gasteiger partial charge is 0.405 e. The van der Waals surface area contributed by atoms with Crippen molar-refractivity contribution in [1.82, 2.24) is 4.98 Å². The number of fused-ring (bicyclic) bond motifs is 4. The summed E-state index contributed by atoms with van der Waals surface area (Å²) >= 11 is 0. The van der Waals surface area contributed by atoms with E-state index in [1.54, 1.807) is 6.20 Å². The Morgan fingerprint density at radius 2 is 1.08 bits per heavy atom. The molecule has 0 spiro atoms. The van der Waals surface area contributed by atoms with E-state index >= 15 is 0 Å². The van der Waals surface area contributed by atoms with Gasteiger partial charge in [-0.1, -0.05) is 183 Å². The molecule has 326 valence electrons. The van der Waals surface area contributed by atoms with Crippen LogP contribution in [0.15, 0.2) is 229 Å². The topological polar surface area (TPSA) is 38.9 Å². The summed E-state index contributed by atoms with van der Waals surface area (Å²) < 4.78 is 0. The molecular weight excluding hydrogens is 797 g/mol. The Hall–Kier alpha value is -7.55. The Labute approximate surface area is 391 Å².